The van der Waals surface area contributed by atoms with Crippen LogP contribution in [0.2, 0.25) is 0 Å². The van der Waals surface area contributed by atoms with Crippen LogP contribution in [0, 0.1) is 0 Å². The van der Waals surface area contributed by atoms with Gasteiger partial charge in [0.2, 0.25) is 0 Å². The maximum atomic E-state index is 5.97. The van der Waals surface area contributed by atoms with Gasteiger partial charge in [0.15, 0.2) is 11.4 Å². The first kappa shape index (κ1) is 14.2. The Morgan fingerprint density at radius 2 is 1.92 bits per heavy atom. The van der Waals surface area contributed by atoms with Gasteiger partial charge >= 0.3 is 0 Å². The van der Waals surface area contributed by atoms with Gasteiger partial charge in [0.25, 0.3) is 0 Å². The van der Waals surface area contributed by atoms with Crippen LogP contribution in [-0.4, -0.2) is 14.5 Å². The largest absolute Gasteiger partial charge is 0.450 e. The molecule has 0 saturated carbocycles. The average molecular weight is 346 g/mol. The van der Waals surface area contributed by atoms with Gasteiger partial charge in [-0.2, -0.15) is 0 Å². The predicted octanol–water partition coefficient (Wildman–Crippen LogP) is 4.84. The molecule has 4 aromatic heterocycles. The van der Waals surface area contributed by atoms with Crippen molar-refractivity contribution in [2.45, 2.75) is 6.54 Å². The minimum Gasteiger partial charge on any atom is -0.450 e. The molecule has 0 spiro atoms. The summed E-state index contributed by atoms with van der Waals surface area (Å²) in [5, 5.41) is 7.71. The molecule has 0 unspecified atom stereocenters. The lowest BCUT2D eigenvalue weighted by Gasteiger charge is -2.07. The maximum absolute atomic E-state index is 5.97. The molecule has 5 rings (SSSR count). The van der Waals surface area contributed by atoms with E-state index in [1.807, 2.05) is 36.4 Å². The molecule has 4 heterocycles. The van der Waals surface area contributed by atoms with Gasteiger partial charge in [0, 0.05) is 29.9 Å². The van der Waals surface area contributed by atoms with Crippen LogP contribution >= 0.6 is 11.3 Å². The zero-order valence-electron chi connectivity index (χ0n) is 13.2. The Hall–Kier alpha value is -3.12. The molecule has 0 amide bonds. The molecule has 5 nitrogen and oxygen atoms in total. The van der Waals surface area contributed by atoms with E-state index >= 15 is 0 Å². The molecule has 0 bridgehead atoms. The van der Waals surface area contributed by atoms with Gasteiger partial charge in [-0.3, -0.25) is 0 Å². The summed E-state index contributed by atoms with van der Waals surface area (Å²) in [4.78, 5) is 8.76. The second-order valence-corrected chi connectivity index (χ2v) is 6.59. The van der Waals surface area contributed by atoms with Crippen molar-refractivity contribution in [3.8, 4) is 5.00 Å². The molecule has 0 aliphatic heterocycles. The fraction of sp³-hybridized carbons (Fsp3) is 0.0526. The van der Waals surface area contributed by atoms with E-state index in [2.05, 4.69) is 43.7 Å². The zero-order valence-corrected chi connectivity index (χ0v) is 14.0. The van der Waals surface area contributed by atoms with Crippen molar-refractivity contribution in [2.24, 2.45) is 0 Å². The van der Waals surface area contributed by atoms with Crippen molar-refractivity contribution in [2.75, 3.05) is 5.32 Å². The summed E-state index contributed by atoms with van der Waals surface area (Å²) in [6.45, 7) is 0.667. The number of fused-ring (bicyclic) bond motifs is 3. The highest BCUT2D eigenvalue weighted by atomic mass is 32.1. The lowest BCUT2D eigenvalue weighted by atomic mass is 10.2. The molecule has 6 heteroatoms. The highest BCUT2D eigenvalue weighted by Gasteiger charge is 2.13. The highest BCUT2D eigenvalue weighted by Crippen LogP contribution is 2.31. The summed E-state index contributed by atoms with van der Waals surface area (Å²) in [7, 11) is 0. The Balaban J connectivity index is 1.50. The maximum Gasteiger partial charge on any atom is 0.196 e. The summed E-state index contributed by atoms with van der Waals surface area (Å²) >= 11 is 1.72. The number of anilines is 1. The highest BCUT2D eigenvalue weighted by molar-refractivity contribution is 7.12. The predicted molar refractivity (Wildman–Crippen MR) is 100 cm³/mol. The lowest BCUT2D eigenvalue weighted by molar-refractivity contribution is 0.666. The third kappa shape index (κ3) is 2.38. The molecule has 0 fully saturated rings. The van der Waals surface area contributed by atoms with Crippen molar-refractivity contribution in [1.82, 2.24) is 14.5 Å². The molecule has 5 aromatic rings. The molecule has 0 atom stereocenters. The number of rotatable bonds is 4. The molecule has 0 aliphatic rings. The number of furan rings is 1. The number of hydrogen-bond acceptors (Lipinski definition) is 5. The second kappa shape index (κ2) is 5.75. The van der Waals surface area contributed by atoms with E-state index in [0.717, 1.165) is 16.5 Å². The second-order valence-electron chi connectivity index (χ2n) is 5.69. The molecule has 0 aliphatic carbocycles. The Labute approximate surface area is 147 Å². The number of aromatic nitrogens is 3. The van der Waals surface area contributed by atoms with E-state index in [1.54, 1.807) is 17.7 Å². The van der Waals surface area contributed by atoms with Crippen LogP contribution in [0.1, 0.15) is 5.56 Å². The smallest absolute Gasteiger partial charge is 0.196 e. The van der Waals surface area contributed by atoms with Crippen molar-refractivity contribution in [3.05, 3.63) is 72.1 Å². The Morgan fingerprint density at radius 3 is 2.84 bits per heavy atom. The van der Waals surface area contributed by atoms with Gasteiger partial charge < -0.3 is 14.3 Å². The third-order valence-electron chi connectivity index (χ3n) is 4.17. The number of benzene rings is 1. The van der Waals surface area contributed by atoms with Gasteiger partial charge in [0.05, 0.1) is 0 Å². The average Bonchev–Trinajstić information content (AvgIpc) is 3.38. The molecule has 0 radical (unpaired) electrons. The van der Waals surface area contributed by atoms with E-state index < -0.39 is 0 Å². The van der Waals surface area contributed by atoms with Crippen LogP contribution in [0.4, 0.5) is 5.82 Å². The van der Waals surface area contributed by atoms with Crippen LogP contribution < -0.4 is 5.32 Å². The van der Waals surface area contributed by atoms with E-state index in [-0.39, 0.29) is 0 Å². The van der Waals surface area contributed by atoms with Gasteiger partial charge in [-0.15, -0.1) is 11.3 Å². The Bertz CT molecular complexity index is 1160. The summed E-state index contributed by atoms with van der Waals surface area (Å²) in [5.74, 6) is 0.714. The first-order chi connectivity index (χ1) is 12.4. The van der Waals surface area contributed by atoms with Gasteiger partial charge in [0.1, 0.15) is 22.4 Å². The number of nitrogens with zero attached hydrogens (tertiary/aromatic N) is 3. The van der Waals surface area contributed by atoms with Gasteiger partial charge in [-0.1, -0.05) is 12.1 Å². The first-order valence-electron chi connectivity index (χ1n) is 7.96. The molecule has 0 saturated heterocycles. The molecular formula is C19H14N4OS. The molecule has 1 aromatic carbocycles. The Morgan fingerprint density at radius 1 is 1.04 bits per heavy atom. The third-order valence-corrected chi connectivity index (χ3v) is 5.14. The zero-order chi connectivity index (χ0) is 16.6. The molecular weight excluding hydrogens is 332 g/mol. The van der Waals surface area contributed by atoms with Crippen LogP contribution in [0.5, 0.6) is 0 Å². The number of thiophene rings is 1. The van der Waals surface area contributed by atoms with Crippen molar-refractivity contribution in [1.29, 1.82) is 0 Å². The van der Waals surface area contributed by atoms with Crippen molar-refractivity contribution in [3.63, 3.8) is 0 Å². The van der Waals surface area contributed by atoms with E-state index in [4.69, 9.17) is 4.42 Å². The fourth-order valence-electron chi connectivity index (χ4n) is 2.99. The van der Waals surface area contributed by atoms with E-state index in [9.17, 15) is 0 Å². The fourth-order valence-corrected chi connectivity index (χ4v) is 3.88. The van der Waals surface area contributed by atoms with Crippen LogP contribution in [0.3, 0.4) is 0 Å². The number of nitrogens with one attached hydrogen (secondary N) is 1. The summed E-state index contributed by atoms with van der Waals surface area (Å²) in [6, 6.07) is 14.1. The van der Waals surface area contributed by atoms with Crippen molar-refractivity contribution < 1.29 is 4.42 Å². The lowest BCUT2D eigenvalue weighted by Crippen LogP contribution is -2.03. The molecule has 25 heavy (non-hydrogen) atoms. The Kier molecular flexibility index (Phi) is 3.28. The van der Waals surface area contributed by atoms with Crippen LogP contribution in [0.25, 0.3) is 27.1 Å². The standard InChI is InChI=1S/C19H14N4OS/c1-2-6-15-14(5-1)16-17(24-15)18(22-12-21-16)20-11-13-7-10-25-19(13)23-8-3-4-9-23/h1-10,12H,11H2,(H,20,21,22). The van der Waals surface area contributed by atoms with E-state index in [0.29, 0.717) is 17.9 Å². The van der Waals surface area contributed by atoms with Gasteiger partial charge in [-0.25, -0.2) is 9.97 Å². The van der Waals surface area contributed by atoms with Crippen LogP contribution in [0.15, 0.2) is 71.0 Å². The minimum atomic E-state index is 0.667. The molecule has 1 N–H and O–H groups in total. The number of para-hydroxylation sites is 1. The van der Waals surface area contributed by atoms with Crippen LogP contribution in [-0.2, 0) is 6.54 Å². The SMILES string of the molecule is c1ccc2c(c1)oc1c(NCc3ccsc3-n3cccc3)ncnc12. The topological polar surface area (TPSA) is 55.9 Å². The molecule has 122 valence electrons. The first-order valence-corrected chi connectivity index (χ1v) is 8.84. The normalized spacial score (nSPS) is 11.4. The minimum absolute atomic E-state index is 0.667. The van der Waals surface area contributed by atoms with Crippen molar-refractivity contribution >= 4 is 39.2 Å². The quantitative estimate of drug-likeness (QED) is 0.506. The summed E-state index contributed by atoms with van der Waals surface area (Å²) < 4.78 is 8.09. The van der Waals surface area contributed by atoms with Gasteiger partial charge in [-0.05, 0) is 35.7 Å². The van der Waals surface area contributed by atoms with E-state index in [1.165, 1.54) is 10.6 Å². The summed E-state index contributed by atoms with van der Waals surface area (Å²) in [6.07, 6.45) is 5.68. The summed E-state index contributed by atoms with van der Waals surface area (Å²) in [5.41, 5.74) is 3.57. The number of hydrogen-bond donors (Lipinski definition) is 1. The monoisotopic (exact) mass is 346 g/mol.